The van der Waals surface area contributed by atoms with Gasteiger partial charge in [0.05, 0.1) is 4.88 Å². The van der Waals surface area contributed by atoms with E-state index in [9.17, 15) is 5.26 Å². The summed E-state index contributed by atoms with van der Waals surface area (Å²) in [5, 5.41) is 18.0. The molecule has 4 aromatic rings. The number of hydrogen-bond acceptors (Lipinski definition) is 5. The number of aromatic nitrogens is 3. The number of thiophene rings is 2. The summed E-state index contributed by atoms with van der Waals surface area (Å²) in [6, 6.07) is 12.1. The monoisotopic (exact) mass is 308 g/mol. The zero-order chi connectivity index (χ0) is 14.2. The number of nitrogens with zero attached hydrogens (tertiary/aromatic N) is 4. The van der Waals surface area contributed by atoms with Crippen LogP contribution in [0.15, 0.2) is 47.3 Å². The summed E-state index contributed by atoms with van der Waals surface area (Å²) >= 11 is 3.20. The van der Waals surface area contributed by atoms with Gasteiger partial charge >= 0.3 is 0 Å². The van der Waals surface area contributed by atoms with Gasteiger partial charge in [-0.15, -0.1) is 27.8 Å². The first-order valence-corrected chi connectivity index (χ1v) is 8.00. The lowest BCUT2D eigenvalue weighted by molar-refractivity contribution is 0.966. The van der Waals surface area contributed by atoms with Gasteiger partial charge in [-0.2, -0.15) is 5.26 Å². The summed E-state index contributed by atoms with van der Waals surface area (Å²) in [5.41, 5.74) is 2.08. The Labute approximate surface area is 128 Å². The summed E-state index contributed by atoms with van der Waals surface area (Å²) in [5.74, 6) is 0.657. The lowest BCUT2D eigenvalue weighted by Crippen LogP contribution is -1.92. The average Bonchev–Trinajstić information content (AvgIpc) is 3.23. The molecule has 0 aliphatic heterocycles. The highest BCUT2D eigenvalue weighted by atomic mass is 32.1. The zero-order valence-electron chi connectivity index (χ0n) is 10.7. The van der Waals surface area contributed by atoms with Gasteiger partial charge < -0.3 is 0 Å². The van der Waals surface area contributed by atoms with Crippen molar-refractivity contribution in [3.05, 3.63) is 52.9 Å². The SMILES string of the molecule is N#Cc1c(-c2cccs2)ccn2nc(-c3cccs3)nc12. The van der Waals surface area contributed by atoms with E-state index in [1.807, 2.05) is 47.3 Å². The molecule has 0 aliphatic rings. The molecular formula is C15H8N4S2. The molecule has 0 saturated carbocycles. The summed E-state index contributed by atoms with van der Waals surface area (Å²) in [4.78, 5) is 6.61. The minimum atomic E-state index is 0.565. The Kier molecular flexibility index (Phi) is 2.81. The molecule has 0 aromatic carbocycles. The molecule has 4 heterocycles. The fraction of sp³-hybridized carbons (Fsp3) is 0. The third-order valence-corrected chi connectivity index (χ3v) is 4.92. The Morgan fingerprint density at radius 1 is 1.05 bits per heavy atom. The lowest BCUT2D eigenvalue weighted by Gasteiger charge is -2.01. The maximum Gasteiger partial charge on any atom is 0.192 e. The van der Waals surface area contributed by atoms with E-state index in [1.54, 1.807) is 27.2 Å². The first-order valence-electron chi connectivity index (χ1n) is 6.24. The van der Waals surface area contributed by atoms with Gasteiger partial charge in [-0.3, -0.25) is 0 Å². The summed E-state index contributed by atoms with van der Waals surface area (Å²) in [7, 11) is 0. The number of hydrogen-bond donors (Lipinski definition) is 0. The maximum absolute atomic E-state index is 9.53. The molecule has 0 radical (unpaired) electrons. The van der Waals surface area contributed by atoms with Gasteiger partial charge in [0, 0.05) is 16.6 Å². The van der Waals surface area contributed by atoms with E-state index >= 15 is 0 Å². The molecule has 4 nitrogen and oxygen atoms in total. The predicted molar refractivity (Wildman–Crippen MR) is 84.3 cm³/mol. The smallest absolute Gasteiger partial charge is 0.192 e. The van der Waals surface area contributed by atoms with Gasteiger partial charge in [0.2, 0.25) is 0 Å². The Morgan fingerprint density at radius 2 is 1.81 bits per heavy atom. The van der Waals surface area contributed by atoms with Crippen LogP contribution in [0.5, 0.6) is 0 Å². The van der Waals surface area contributed by atoms with Gasteiger partial charge in [0.25, 0.3) is 0 Å². The average molecular weight is 308 g/mol. The van der Waals surface area contributed by atoms with Crippen LogP contribution >= 0.6 is 22.7 Å². The number of nitriles is 1. The third-order valence-electron chi connectivity index (χ3n) is 3.15. The van der Waals surface area contributed by atoms with Gasteiger partial charge in [0.15, 0.2) is 11.5 Å². The zero-order valence-corrected chi connectivity index (χ0v) is 12.4. The van der Waals surface area contributed by atoms with Crippen LogP contribution in [0.3, 0.4) is 0 Å². The molecule has 4 rings (SSSR count). The molecule has 6 heteroatoms. The third kappa shape index (κ3) is 1.95. The van der Waals surface area contributed by atoms with E-state index in [0.29, 0.717) is 17.0 Å². The van der Waals surface area contributed by atoms with Crippen molar-refractivity contribution in [2.75, 3.05) is 0 Å². The Balaban J connectivity index is 1.98. The molecule has 0 unspecified atom stereocenters. The minimum Gasteiger partial charge on any atom is -0.219 e. The van der Waals surface area contributed by atoms with Gasteiger partial charge in [-0.05, 0) is 29.0 Å². The van der Waals surface area contributed by atoms with Crippen molar-refractivity contribution < 1.29 is 0 Å². The molecule has 4 aromatic heterocycles. The minimum absolute atomic E-state index is 0.565. The van der Waals surface area contributed by atoms with E-state index in [0.717, 1.165) is 15.3 Å². The summed E-state index contributed by atoms with van der Waals surface area (Å²) in [6.45, 7) is 0. The number of pyridine rings is 1. The molecule has 0 aliphatic carbocycles. The number of fused-ring (bicyclic) bond motifs is 1. The molecule has 0 atom stereocenters. The molecule has 100 valence electrons. The Bertz CT molecular complexity index is 944. The molecule has 0 N–H and O–H groups in total. The van der Waals surface area contributed by atoms with E-state index in [1.165, 1.54) is 0 Å². The van der Waals surface area contributed by atoms with E-state index < -0.39 is 0 Å². The van der Waals surface area contributed by atoms with Crippen LogP contribution in [0.25, 0.3) is 26.8 Å². The predicted octanol–water partition coefficient (Wildman–Crippen LogP) is 4.06. The van der Waals surface area contributed by atoms with Crippen LogP contribution < -0.4 is 0 Å². The van der Waals surface area contributed by atoms with E-state index in [-0.39, 0.29) is 0 Å². The van der Waals surface area contributed by atoms with Gasteiger partial charge in [-0.1, -0.05) is 12.1 Å². The van der Waals surface area contributed by atoms with Gasteiger partial charge in [-0.25, -0.2) is 9.50 Å². The largest absolute Gasteiger partial charge is 0.219 e. The first-order chi connectivity index (χ1) is 10.4. The second-order valence-electron chi connectivity index (χ2n) is 4.37. The van der Waals surface area contributed by atoms with Crippen molar-refractivity contribution in [2.45, 2.75) is 0 Å². The highest BCUT2D eigenvalue weighted by Crippen LogP contribution is 2.30. The molecule has 0 spiro atoms. The van der Waals surface area contributed by atoms with Crippen molar-refractivity contribution in [1.82, 2.24) is 14.6 Å². The standard InChI is InChI=1S/C15H8N4S2/c16-9-11-10(12-3-1-7-20-12)5-6-19-15(11)17-14(18-19)13-4-2-8-21-13/h1-8H. The highest BCUT2D eigenvalue weighted by molar-refractivity contribution is 7.13. The second-order valence-corrected chi connectivity index (χ2v) is 6.27. The molecule has 0 bridgehead atoms. The van der Waals surface area contributed by atoms with Crippen molar-refractivity contribution in [3.63, 3.8) is 0 Å². The van der Waals surface area contributed by atoms with Crippen molar-refractivity contribution in [2.24, 2.45) is 0 Å². The van der Waals surface area contributed by atoms with Crippen molar-refractivity contribution in [3.8, 4) is 27.2 Å². The Morgan fingerprint density at radius 3 is 2.48 bits per heavy atom. The second kappa shape index (κ2) is 4.81. The summed E-state index contributed by atoms with van der Waals surface area (Å²) in [6.07, 6.45) is 1.86. The fourth-order valence-corrected chi connectivity index (χ4v) is 3.61. The van der Waals surface area contributed by atoms with Gasteiger partial charge in [0.1, 0.15) is 11.6 Å². The topological polar surface area (TPSA) is 54.0 Å². The highest BCUT2D eigenvalue weighted by Gasteiger charge is 2.15. The van der Waals surface area contributed by atoms with Crippen LogP contribution in [0.1, 0.15) is 5.56 Å². The van der Waals surface area contributed by atoms with Crippen LogP contribution in [0, 0.1) is 11.3 Å². The first kappa shape index (κ1) is 12.3. The van der Waals surface area contributed by atoms with Crippen LogP contribution in [0.2, 0.25) is 0 Å². The molecule has 0 saturated heterocycles. The molecule has 0 fully saturated rings. The fourth-order valence-electron chi connectivity index (χ4n) is 2.20. The van der Waals surface area contributed by atoms with Crippen molar-refractivity contribution >= 4 is 28.3 Å². The Hall–Kier alpha value is -2.49. The summed E-state index contributed by atoms with van der Waals surface area (Å²) < 4.78 is 1.67. The van der Waals surface area contributed by atoms with Crippen LogP contribution in [-0.2, 0) is 0 Å². The van der Waals surface area contributed by atoms with Crippen LogP contribution in [-0.4, -0.2) is 14.6 Å². The number of rotatable bonds is 2. The molecular weight excluding hydrogens is 300 g/mol. The van der Waals surface area contributed by atoms with E-state index in [4.69, 9.17) is 0 Å². The lowest BCUT2D eigenvalue weighted by atomic mass is 10.1. The van der Waals surface area contributed by atoms with E-state index in [2.05, 4.69) is 16.2 Å². The van der Waals surface area contributed by atoms with Crippen molar-refractivity contribution in [1.29, 1.82) is 5.26 Å². The maximum atomic E-state index is 9.53. The quantitative estimate of drug-likeness (QED) is 0.561. The molecule has 0 amide bonds. The molecule has 21 heavy (non-hydrogen) atoms. The van der Waals surface area contributed by atoms with Crippen LogP contribution in [0.4, 0.5) is 0 Å². The normalized spacial score (nSPS) is 10.8.